The second-order valence-corrected chi connectivity index (χ2v) is 7.87. The van der Waals surface area contributed by atoms with Crippen molar-refractivity contribution < 1.29 is 5.11 Å². The summed E-state index contributed by atoms with van der Waals surface area (Å²) in [6, 6.07) is 10.5. The first-order chi connectivity index (χ1) is 12.3. The summed E-state index contributed by atoms with van der Waals surface area (Å²) in [4.78, 5) is 3.39. The first-order valence-corrected chi connectivity index (χ1v) is 9.02. The Morgan fingerprint density at radius 2 is 1.92 bits per heavy atom. The van der Waals surface area contributed by atoms with Crippen LogP contribution in [-0.4, -0.2) is 21.7 Å². The standard InChI is InChI=1S/C23H24N2O/c1-6-15-17(18-9-7-8-16-13(2)12-24-21(16)18)10-11-19-20(15)14(3)22(26)23(4,5)25-19/h1,7-12,14,22,24-26H,2-5H3/t14-,22+/m0/s1. The van der Waals surface area contributed by atoms with Gasteiger partial charge in [-0.25, -0.2) is 0 Å². The molecular weight excluding hydrogens is 320 g/mol. The molecule has 3 aromatic rings. The lowest BCUT2D eigenvalue weighted by molar-refractivity contribution is 0.0868. The number of aliphatic hydroxyl groups excluding tert-OH is 1. The summed E-state index contributed by atoms with van der Waals surface area (Å²) in [5, 5.41) is 15.4. The second kappa shape index (κ2) is 5.65. The molecule has 1 aliphatic heterocycles. The van der Waals surface area contributed by atoms with Crippen LogP contribution in [0, 0.1) is 19.3 Å². The van der Waals surface area contributed by atoms with E-state index < -0.39 is 11.6 Å². The highest BCUT2D eigenvalue weighted by atomic mass is 16.3. The highest BCUT2D eigenvalue weighted by Crippen LogP contribution is 2.44. The van der Waals surface area contributed by atoms with Gasteiger partial charge in [-0.1, -0.05) is 37.1 Å². The van der Waals surface area contributed by atoms with Crippen molar-refractivity contribution in [3.63, 3.8) is 0 Å². The third kappa shape index (κ3) is 2.26. The molecule has 4 rings (SSSR count). The van der Waals surface area contributed by atoms with Crippen molar-refractivity contribution in [2.75, 3.05) is 5.32 Å². The topological polar surface area (TPSA) is 48.0 Å². The molecule has 2 heterocycles. The number of hydrogen-bond acceptors (Lipinski definition) is 2. The average molecular weight is 344 g/mol. The smallest absolute Gasteiger partial charge is 0.0831 e. The van der Waals surface area contributed by atoms with E-state index in [1.807, 2.05) is 20.0 Å². The fourth-order valence-electron chi connectivity index (χ4n) is 4.30. The monoisotopic (exact) mass is 344 g/mol. The van der Waals surface area contributed by atoms with E-state index in [0.717, 1.165) is 33.5 Å². The van der Waals surface area contributed by atoms with Gasteiger partial charge in [0.05, 0.1) is 17.2 Å². The van der Waals surface area contributed by atoms with Crippen LogP contribution in [0.4, 0.5) is 5.69 Å². The van der Waals surface area contributed by atoms with Gasteiger partial charge in [-0.15, -0.1) is 6.42 Å². The molecule has 0 amide bonds. The van der Waals surface area contributed by atoms with Crippen LogP contribution in [0.15, 0.2) is 36.5 Å². The number of rotatable bonds is 1. The van der Waals surface area contributed by atoms with Gasteiger partial charge in [0.2, 0.25) is 0 Å². The minimum Gasteiger partial charge on any atom is -0.390 e. The molecule has 0 saturated carbocycles. The number of anilines is 1. The molecular formula is C23H24N2O. The van der Waals surface area contributed by atoms with Crippen LogP contribution in [0.2, 0.25) is 0 Å². The molecule has 26 heavy (non-hydrogen) atoms. The molecule has 0 saturated heterocycles. The molecule has 132 valence electrons. The van der Waals surface area contributed by atoms with Gasteiger partial charge in [-0.05, 0) is 43.5 Å². The second-order valence-electron chi connectivity index (χ2n) is 7.87. The summed E-state index contributed by atoms with van der Waals surface area (Å²) in [6.45, 7) is 8.18. The van der Waals surface area contributed by atoms with Gasteiger partial charge in [0, 0.05) is 34.3 Å². The summed E-state index contributed by atoms with van der Waals surface area (Å²) in [6.07, 6.45) is 7.48. The van der Waals surface area contributed by atoms with Crippen LogP contribution in [-0.2, 0) is 0 Å². The zero-order chi connectivity index (χ0) is 18.6. The molecule has 0 unspecified atom stereocenters. The fourth-order valence-corrected chi connectivity index (χ4v) is 4.30. The number of para-hydroxylation sites is 1. The Labute approximate surface area is 154 Å². The Morgan fingerprint density at radius 1 is 1.15 bits per heavy atom. The summed E-state index contributed by atoms with van der Waals surface area (Å²) in [5.41, 5.74) is 6.94. The Morgan fingerprint density at radius 3 is 2.65 bits per heavy atom. The number of aryl methyl sites for hydroxylation is 1. The van der Waals surface area contributed by atoms with E-state index in [4.69, 9.17) is 6.42 Å². The molecule has 0 aliphatic carbocycles. The van der Waals surface area contributed by atoms with Gasteiger partial charge in [-0.2, -0.15) is 0 Å². The number of aliphatic hydroxyl groups is 1. The van der Waals surface area contributed by atoms with Gasteiger partial charge in [0.25, 0.3) is 0 Å². The summed E-state index contributed by atoms with van der Waals surface area (Å²) >= 11 is 0. The maximum absolute atomic E-state index is 10.8. The van der Waals surface area contributed by atoms with E-state index in [0.29, 0.717) is 0 Å². The van der Waals surface area contributed by atoms with Crippen molar-refractivity contribution in [1.82, 2.24) is 4.98 Å². The molecule has 3 nitrogen and oxygen atoms in total. The molecule has 0 bridgehead atoms. The van der Waals surface area contributed by atoms with E-state index in [9.17, 15) is 5.11 Å². The predicted molar refractivity (Wildman–Crippen MR) is 109 cm³/mol. The van der Waals surface area contributed by atoms with Crippen molar-refractivity contribution >= 4 is 16.6 Å². The molecule has 2 atom stereocenters. The van der Waals surface area contributed by atoms with Crippen LogP contribution in [0.3, 0.4) is 0 Å². The average Bonchev–Trinajstić information content (AvgIpc) is 3.00. The number of aromatic amines is 1. The summed E-state index contributed by atoms with van der Waals surface area (Å²) in [7, 11) is 0. The van der Waals surface area contributed by atoms with Crippen molar-refractivity contribution in [2.45, 2.75) is 45.3 Å². The van der Waals surface area contributed by atoms with Gasteiger partial charge in [0.1, 0.15) is 0 Å². The quantitative estimate of drug-likeness (QED) is 0.556. The summed E-state index contributed by atoms with van der Waals surface area (Å²) in [5.74, 6) is 2.86. The van der Waals surface area contributed by atoms with Gasteiger partial charge < -0.3 is 15.4 Å². The molecule has 1 aliphatic rings. The number of terminal acetylenes is 1. The van der Waals surface area contributed by atoms with Gasteiger partial charge in [-0.3, -0.25) is 0 Å². The first kappa shape index (κ1) is 16.8. The van der Waals surface area contributed by atoms with Crippen molar-refractivity contribution in [1.29, 1.82) is 0 Å². The predicted octanol–water partition coefficient (Wildman–Crippen LogP) is 4.79. The van der Waals surface area contributed by atoms with E-state index in [1.165, 1.54) is 10.9 Å². The molecule has 0 spiro atoms. The van der Waals surface area contributed by atoms with E-state index in [-0.39, 0.29) is 5.92 Å². The summed E-state index contributed by atoms with van der Waals surface area (Å²) < 4.78 is 0. The SMILES string of the molecule is C#Cc1c(-c2cccc3c(C)c[nH]c23)ccc2c1[C@H](C)[C@@H](O)C(C)(C)N2. The molecule has 3 heteroatoms. The van der Waals surface area contributed by atoms with Gasteiger partial charge in [0.15, 0.2) is 0 Å². The lowest BCUT2D eigenvalue weighted by Crippen LogP contribution is -2.50. The van der Waals surface area contributed by atoms with Crippen LogP contribution in [0.5, 0.6) is 0 Å². The fraction of sp³-hybridized carbons (Fsp3) is 0.304. The Balaban J connectivity index is 1.99. The number of aromatic nitrogens is 1. The third-order valence-corrected chi connectivity index (χ3v) is 5.73. The number of hydrogen-bond donors (Lipinski definition) is 3. The van der Waals surface area contributed by atoms with Crippen LogP contribution in [0.25, 0.3) is 22.0 Å². The minimum atomic E-state index is -0.513. The minimum absolute atomic E-state index is 0.0446. The molecule has 0 fully saturated rings. The van der Waals surface area contributed by atoms with Crippen molar-refractivity contribution in [3.05, 3.63) is 53.2 Å². The maximum Gasteiger partial charge on any atom is 0.0831 e. The third-order valence-electron chi connectivity index (χ3n) is 5.73. The van der Waals surface area contributed by atoms with Gasteiger partial charge >= 0.3 is 0 Å². The highest BCUT2D eigenvalue weighted by molar-refractivity contribution is 5.98. The van der Waals surface area contributed by atoms with E-state index >= 15 is 0 Å². The zero-order valence-corrected chi connectivity index (χ0v) is 15.6. The number of H-pyrrole nitrogens is 1. The molecule has 2 aromatic carbocycles. The van der Waals surface area contributed by atoms with E-state index in [2.05, 4.69) is 60.4 Å². The lowest BCUT2D eigenvalue weighted by Gasteiger charge is -2.43. The van der Waals surface area contributed by atoms with Crippen LogP contribution >= 0.6 is 0 Å². The van der Waals surface area contributed by atoms with Crippen LogP contribution in [0.1, 0.15) is 43.4 Å². The number of fused-ring (bicyclic) bond motifs is 2. The normalized spacial score (nSPS) is 21.1. The Bertz CT molecular complexity index is 1050. The number of benzene rings is 2. The highest BCUT2D eigenvalue weighted by Gasteiger charge is 2.40. The lowest BCUT2D eigenvalue weighted by atomic mass is 9.76. The maximum atomic E-state index is 10.8. The molecule has 0 radical (unpaired) electrons. The first-order valence-electron chi connectivity index (χ1n) is 9.02. The van der Waals surface area contributed by atoms with Crippen molar-refractivity contribution in [2.24, 2.45) is 0 Å². The van der Waals surface area contributed by atoms with E-state index in [1.54, 1.807) is 0 Å². The Hall–Kier alpha value is -2.70. The molecule has 3 N–H and O–H groups in total. The number of nitrogens with one attached hydrogen (secondary N) is 2. The largest absolute Gasteiger partial charge is 0.390 e. The zero-order valence-electron chi connectivity index (χ0n) is 15.6. The Kier molecular flexibility index (Phi) is 3.64. The van der Waals surface area contributed by atoms with Crippen molar-refractivity contribution in [3.8, 4) is 23.5 Å². The molecule has 1 aromatic heterocycles. The van der Waals surface area contributed by atoms with Crippen LogP contribution < -0.4 is 5.32 Å².